The Morgan fingerprint density at radius 2 is 1.82 bits per heavy atom. The van der Waals surface area contributed by atoms with Gasteiger partial charge in [-0.15, -0.1) is 0 Å². The second kappa shape index (κ2) is 9.18. The van der Waals surface area contributed by atoms with Crippen LogP contribution in [-0.4, -0.2) is 22.5 Å². The van der Waals surface area contributed by atoms with Gasteiger partial charge in [-0.25, -0.2) is 0 Å². The lowest BCUT2D eigenvalue weighted by molar-refractivity contribution is 0.317. The van der Waals surface area contributed by atoms with E-state index in [1.54, 1.807) is 6.20 Å². The number of aryl methyl sites for hydroxylation is 2. The summed E-state index contributed by atoms with van der Waals surface area (Å²) < 4.78 is 5.58. The first kappa shape index (κ1) is 19.6. The molecule has 0 radical (unpaired) electrons. The van der Waals surface area contributed by atoms with Gasteiger partial charge in [0.2, 0.25) is 0 Å². The van der Waals surface area contributed by atoms with Gasteiger partial charge in [0.05, 0.1) is 12.3 Å². The van der Waals surface area contributed by atoms with E-state index >= 15 is 0 Å². The molecule has 0 spiro atoms. The zero-order valence-corrected chi connectivity index (χ0v) is 16.6. The average Bonchev–Trinajstić information content (AvgIpc) is 2.71. The van der Waals surface area contributed by atoms with E-state index in [0.29, 0.717) is 18.7 Å². The van der Waals surface area contributed by atoms with Gasteiger partial charge in [-0.3, -0.25) is 4.98 Å². The number of hydrogen-bond acceptors (Lipinski definition) is 4. The van der Waals surface area contributed by atoms with Gasteiger partial charge >= 0.3 is 0 Å². The summed E-state index contributed by atoms with van der Waals surface area (Å²) in [6, 6.07) is 20.4. The highest BCUT2D eigenvalue weighted by atomic mass is 16.5. The standard InChI is InChI=1S/C24H26N2O2/c1-4-28-21-11-9-19(10-12-21)23(22-8-6-5-7-17(22)2)16-24(26-27)20-13-14-25-18(3)15-20/h5-15,23,27H,4,16H2,1-3H3/t23-/m1/s1. The number of nitrogens with zero attached hydrogens (tertiary/aromatic N) is 2. The Morgan fingerprint density at radius 3 is 2.46 bits per heavy atom. The lowest BCUT2D eigenvalue weighted by Crippen LogP contribution is -2.12. The second-order valence-corrected chi connectivity index (χ2v) is 6.85. The zero-order valence-electron chi connectivity index (χ0n) is 16.6. The average molecular weight is 374 g/mol. The van der Waals surface area contributed by atoms with Gasteiger partial charge in [0.25, 0.3) is 0 Å². The van der Waals surface area contributed by atoms with Gasteiger partial charge in [0, 0.05) is 29.8 Å². The fourth-order valence-corrected chi connectivity index (χ4v) is 3.48. The Hall–Kier alpha value is -3.14. The van der Waals surface area contributed by atoms with E-state index in [1.807, 2.05) is 44.2 Å². The molecule has 1 aromatic heterocycles. The molecule has 0 aliphatic heterocycles. The van der Waals surface area contributed by atoms with Crippen molar-refractivity contribution in [2.75, 3.05) is 6.61 Å². The number of aromatic nitrogens is 1. The molecular weight excluding hydrogens is 348 g/mol. The van der Waals surface area contributed by atoms with E-state index in [2.05, 4.69) is 47.4 Å². The molecule has 0 aliphatic carbocycles. The third-order valence-electron chi connectivity index (χ3n) is 4.91. The second-order valence-electron chi connectivity index (χ2n) is 6.85. The maximum absolute atomic E-state index is 9.74. The van der Waals surface area contributed by atoms with Crippen molar-refractivity contribution < 1.29 is 9.94 Å². The highest BCUT2D eigenvalue weighted by Crippen LogP contribution is 2.33. The third-order valence-corrected chi connectivity index (χ3v) is 4.91. The quantitative estimate of drug-likeness (QED) is 0.338. The van der Waals surface area contributed by atoms with E-state index in [1.165, 1.54) is 11.1 Å². The van der Waals surface area contributed by atoms with Crippen molar-refractivity contribution in [3.63, 3.8) is 0 Å². The van der Waals surface area contributed by atoms with E-state index in [9.17, 15) is 5.21 Å². The summed E-state index contributed by atoms with van der Waals surface area (Å²) in [5.74, 6) is 0.923. The smallest absolute Gasteiger partial charge is 0.119 e. The predicted octanol–water partition coefficient (Wildman–Crippen LogP) is 5.50. The molecule has 0 amide bonds. The molecule has 0 aliphatic rings. The van der Waals surface area contributed by atoms with Crippen molar-refractivity contribution in [2.45, 2.75) is 33.1 Å². The molecule has 1 N–H and O–H groups in total. The maximum Gasteiger partial charge on any atom is 0.119 e. The number of rotatable bonds is 7. The summed E-state index contributed by atoms with van der Waals surface area (Å²) in [6.07, 6.45) is 2.33. The summed E-state index contributed by atoms with van der Waals surface area (Å²) in [6.45, 7) is 6.67. The topological polar surface area (TPSA) is 54.7 Å². The van der Waals surface area contributed by atoms with Crippen LogP contribution in [0.3, 0.4) is 0 Å². The van der Waals surface area contributed by atoms with Crippen LogP contribution in [0.5, 0.6) is 5.75 Å². The van der Waals surface area contributed by atoms with E-state index in [0.717, 1.165) is 22.6 Å². The molecule has 1 heterocycles. The Bertz CT molecular complexity index is 949. The monoisotopic (exact) mass is 374 g/mol. The minimum absolute atomic E-state index is 0.0660. The normalized spacial score (nSPS) is 12.6. The van der Waals surface area contributed by atoms with Crippen molar-refractivity contribution in [2.24, 2.45) is 5.16 Å². The molecule has 4 nitrogen and oxygen atoms in total. The highest BCUT2D eigenvalue weighted by molar-refractivity contribution is 6.00. The number of ether oxygens (including phenoxy) is 1. The summed E-state index contributed by atoms with van der Waals surface area (Å²) in [5, 5.41) is 13.4. The number of hydrogen-bond donors (Lipinski definition) is 1. The molecule has 2 aromatic carbocycles. The van der Waals surface area contributed by atoms with Crippen molar-refractivity contribution >= 4 is 5.71 Å². The van der Waals surface area contributed by atoms with Crippen molar-refractivity contribution in [3.8, 4) is 5.75 Å². The number of oxime groups is 1. The molecule has 0 unspecified atom stereocenters. The molecule has 1 atom stereocenters. The Balaban J connectivity index is 2.00. The summed E-state index contributed by atoms with van der Waals surface area (Å²) in [7, 11) is 0. The third kappa shape index (κ3) is 4.58. The van der Waals surface area contributed by atoms with Crippen LogP contribution in [0.25, 0.3) is 0 Å². The van der Waals surface area contributed by atoms with E-state index < -0.39 is 0 Å². The van der Waals surface area contributed by atoms with Gasteiger partial charge in [0.1, 0.15) is 5.75 Å². The lowest BCUT2D eigenvalue weighted by Gasteiger charge is -2.21. The molecule has 4 heteroatoms. The fraction of sp³-hybridized carbons (Fsp3) is 0.250. The lowest BCUT2D eigenvalue weighted by atomic mass is 9.83. The molecule has 0 fully saturated rings. The highest BCUT2D eigenvalue weighted by Gasteiger charge is 2.20. The SMILES string of the molecule is CCOc1ccc([C@@H](CC(=NO)c2ccnc(C)c2)c2ccccc2C)cc1. The largest absolute Gasteiger partial charge is 0.494 e. The van der Waals surface area contributed by atoms with Crippen LogP contribution in [0.4, 0.5) is 0 Å². The van der Waals surface area contributed by atoms with Gasteiger partial charge < -0.3 is 9.94 Å². The zero-order chi connectivity index (χ0) is 19.9. The Kier molecular flexibility index (Phi) is 6.43. The minimum Gasteiger partial charge on any atom is -0.494 e. The van der Waals surface area contributed by atoms with Crippen LogP contribution in [0.2, 0.25) is 0 Å². The molecule has 0 saturated carbocycles. The van der Waals surface area contributed by atoms with E-state index in [-0.39, 0.29) is 5.92 Å². The van der Waals surface area contributed by atoms with Gasteiger partial charge in [0.15, 0.2) is 0 Å². The minimum atomic E-state index is 0.0660. The predicted molar refractivity (Wildman–Crippen MR) is 113 cm³/mol. The van der Waals surface area contributed by atoms with Crippen molar-refractivity contribution in [3.05, 3.63) is 94.8 Å². The van der Waals surface area contributed by atoms with Gasteiger partial charge in [-0.1, -0.05) is 41.6 Å². The number of pyridine rings is 1. The van der Waals surface area contributed by atoms with Crippen LogP contribution in [0, 0.1) is 13.8 Å². The van der Waals surface area contributed by atoms with Crippen LogP contribution >= 0.6 is 0 Å². The summed E-state index contributed by atoms with van der Waals surface area (Å²) in [5.41, 5.74) is 6.02. The van der Waals surface area contributed by atoms with Crippen LogP contribution in [0.1, 0.15) is 47.2 Å². The van der Waals surface area contributed by atoms with Crippen molar-refractivity contribution in [1.82, 2.24) is 4.98 Å². The first-order valence-electron chi connectivity index (χ1n) is 9.54. The molecule has 28 heavy (non-hydrogen) atoms. The Morgan fingerprint density at radius 1 is 1.07 bits per heavy atom. The molecule has 3 aromatic rings. The van der Waals surface area contributed by atoms with Gasteiger partial charge in [-0.05, 0) is 61.7 Å². The van der Waals surface area contributed by atoms with Gasteiger partial charge in [-0.2, -0.15) is 0 Å². The van der Waals surface area contributed by atoms with Crippen LogP contribution in [0.15, 0.2) is 72.0 Å². The summed E-state index contributed by atoms with van der Waals surface area (Å²) in [4.78, 5) is 4.24. The molecular formula is C24H26N2O2. The molecule has 0 saturated heterocycles. The fourth-order valence-electron chi connectivity index (χ4n) is 3.48. The molecule has 144 valence electrons. The summed E-state index contributed by atoms with van der Waals surface area (Å²) >= 11 is 0. The van der Waals surface area contributed by atoms with Crippen molar-refractivity contribution in [1.29, 1.82) is 0 Å². The molecule has 3 rings (SSSR count). The maximum atomic E-state index is 9.74. The van der Waals surface area contributed by atoms with Crippen LogP contribution in [-0.2, 0) is 0 Å². The molecule has 0 bridgehead atoms. The first-order valence-corrected chi connectivity index (χ1v) is 9.54. The Labute approximate surface area is 166 Å². The van der Waals surface area contributed by atoms with Crippen LogP contribution < -0.4 is 4.74 Å². The number of benzene rings is 2. The van der Waals surface area contributed by atoms with E-state index in [4.69, 9.17) is 4.74 Å². The first-order chi connectivity index (χ1) is 13.6.